The SMILES string of the molecule is O=C(CSCc1cc(=O)n2ccsc2n1)NCCc1ccc(OC(F)F)cc1. The van der Waals surface area contributed by atoms with Gasteiger partial charge in [-0.1, -0.05) is 12.1 Å². The number of alkyl halides is 2. The third kappa shape index (κ3) is 5.77. The summed E-state index contributed by atoms with van der Waals surface area (Å²) in [6.07, 6.45) is 2.26. The van der Waals surface area contributed by atoms with Crippen molar-refractivity contribution in [1.82, 2.24) is 14.7 Å². The number of amides is 1. The summed E-state index contributed by atoms with van der Waals surface area (Å²) in [5.74, 6) is 0.722. The first-order chi connectivity index (χ1) is 13.5. The van der Waals surface area contributed by atoms with Gasteiger partial charge in [0.15, 0.2) is 4.96 Å². The Hall–Kier alpha value is -2.46. The molecular formula is C18H17F2N3O3S2. The van der Waals surface area contributed by atoms with E-state index < -0.39 is 6.61 Å². The monoisotopic (exact) mass is 425 g/mol. The largest absolute Gasteiger partial charge is 0.435 e. The van der Waals surface area contributed by atoms with Crippen molar-refractivity contribution in [3.63, 3.8) is 0 Å². The topological polar surface area (TPSA) is 72.7 Å². The number of benzene rings is 1. The highest BCUT2D eigenvalue weighted by atomic mass is 32.2. The number of thiazole rings is 1. The van der Waals surface area contributed by atoms with Crippen LogP contribution in [0.5, 0.6) is 5.75 Å². The maximum Gasteiger partial charge on any atom is 0.387 e. The fourth-order valence-corrected chi connectivity index (χ4v) is 3.93. The third-order valence-corrected chi connectivity index (χ3v) is 5.45. The molecule has 0 unspecified atom stereocenters. The van der Waals surface area contributed by atoms with Crippen LogP contribution in [0.2, 0.25) is 0 Å². The fraction of sp³-hybridized carbons (Fsp3) is 0.278. The molecule has 1 N–H and O–H groups in total. The zero-order valence-corrected chi connectivity index (χ0v) is 16.3. The Balaban J connectivity index is 1.38. The normalized spacial score (nSPS) is 11.1. The summed E-state index contributed by atoms with van der Waals surface area (Å²) < 4.78 is 30.0. The van der Waals surface area contributed by atoms with Gasteiger partial charge in [-0.2, -0.15) is 8.78 Å². The van der Waals surface area contributed by atoms with Gasteiger partial charge in [-0.3, -0.25) is 14.0 Å². The fourth-order valence-electron chi connectivity index (χ4n) is 2.44. The van der Waals surface area contributed by atoms with Gasteiger partial charge in [0.25, 0.3) is 5.56 Å². The number of ether oxygens (including phenoxy) is 1. The molecule has 148 valence electrons. The van der Waals surface area contributed by atoms with E-state index in [9.17, 15) is 18.4 Å². The van der Waals surface area contributed by atoms with Crippen LogP contribution < -0.4 is 15.6 Å². The lowest BCUT2D eigenvalue weighted by atomic mass is 10.1. The minimum atomic E-state index is -2.84. The van der Waals surface area contributed by atoms with Gasteiger partial charge >= 0.3 is 6.61 Å². The molecule has 0 bridgehead atoms. The van der Waals surface area contributed by atoms with Crippen LogP contribution in [0.25, 0.3) is 4.96 Å². The lowest BCUT2D eigenvalue weighted by Gasteiger charge is -2.07. The Morgan fingerprint density at radius 2 is 2.11 bits per heavy atom. The Morgan fingerprint density at radius 3 is 2.86 bits per heavy atom. The summed E-state index contributed by atoms with van der Waals surface area (Å²) in [5.41, 5.74) is 1.43. The zero-order valence-electron chi connectivity index (χ0n) is 14.6. The van der Waals surface area contributed by atoms with Crippen LogP contribution in [0.1, 0.15) is 11.3 Å². The third-order valence-electron chi connectivity index (χ3n) is 3.72. The molecule has 2 aromatic heterocycles. The molecule has 10 heteroatoms. The van der Waals surface area contributed by atoms with Gasteiger partial charge in [-0.05, 0) is 24.1 Å². The zero-order chi connectivity index (χ0) is 19.9. The summed E-state index contributed by atoms with van der Waals surface area (Å²) >= 11 is 2.77. The summed E-state index contributed by atoms with van der Waals surface area (Å²) in [7, 11) is 0. The number of nitrogens with one attached hydrogen (secondary N) is 1. The van der Waals surface area contributed by atoms with E-state index in [-0.39, 0.29) is 23.0 Å². The van der Waals surface area contributed by atoms with Crippen molar-refractivity contribution < 1.29 is 18.3 Å². The molecule has 0 aliphatic rings. The molecule has 1 aromatic carbocycles. The maximum atomic E-state index is 12.1. The van der Waals surface area contributed by atoms with Crippen LogP contribution in [-0.2, 0) is 17.0 Å². The van der Waals surface area contributed by atoms with Gasteiger partial charge in [0.1, 0.15) is 5.75 Å². The first-order valence-electron chi connectivity index (χ1n) is 8.35. The van der Waals surface area contributed by atoms with Crippen LogP contribution in [0, 0.1) is 0 Å². The van der Waals surface area contributed by atoms with Crippen LogP contribution in [0.4, 0.5) is 8.78 Å². The molecule has 2 heterocycles. The number of carbonyl (C=O) groups excluding carboxylic acids is 1. The number of aromatic nitrogens is 2. The van der Waals surface area contributed by atoms with Crippen LogP contribution in [0.15, 0.2) is 46.7 Å². The molecule has 28 heavy (non-hydrogen) atoms. The first kappa shape index (κ1) is 20.3. The number of fused-ring (bicyclic) bond motifs is 1. The van der Waals surface area contributed by atoms with Gasteiger partial charge in [-0.25, -0.2) is 4.98 Å². The molecule has 0 atom stereocenters. The molecular weight excluding hydrogens is 408 g/mol. The number of hydrogen-bond donors (Lipinski definition) is 1. The van der Waals surface area contributed by atoms with Crippen molar-refractivity contribution in [1.29, 1.82) is 0 Å². The van der Waals surface area contributed by atoms with E-state index in [0.717, 1.165) is 5.56 Å². The predicted molar refractivity (Wildman–Crippen MR) is 105 cm³/mol. The van der Waals surface area contributed by atoms with Gasteiger partial charge < -0.3 is 10.1 Å². The van der Waals surface area contributed by atoms with E-state index in [1.54, 1.807) is 23.7 Å². The second-order valence-corrected chi connectivity index (χ2v) is 7.62. The molecule has 0 spiro atoms. The van der Waals surface area contributed by atoms with Crippen LogP contribution >= 0.6 is 23.1 Å². The molecule has 1 amide bonds. The average molecular weight is 425 g/mol. The van der Waals surface area contributed by atoms with Crippen molar-refractivity contribution in [3.8, 4) is 5.75 Å². The van der Waals surface area contributed by atoms with Crippen molar-refractivity contribution in [2.75, 3.05) is 12.3 Å². The summed E-state index contributed by atoms with van der Waals surface area (Å²) in [4.78, 5) is 28.8. The van der Waals surface area contributed by atoms with Gasteiger partial charge in [-0.15, -0.1) is 23.1 Å². The quantitative estimate of drug-likeness (QED) is 0.571. The van der Waals surface area contributed by atoms with E-state index in [4.69, 9.17) is 0 Å². The summed E-state index contributed by atoms with van der Waals surface area (Å²) in [6, 6.07) is 7.79. The van der Waals surface area contributed by atoms with E-state index in [0.29, 0.717) is 29.4 Å². The highest BCUT2D eigenvalue weighted by Crippen LogP contribution is 2.15. The standard InChI is InChI=1S/C18H17F2N3O3S2/c19-17(20)26-14-3-1-12(2-4-14)5-6-21-15(24)11-27-10-13-9-16(25)23-7-8-28-18(23)22-13/h1-4,7-9,17H,5-6,10-11H2,(H,21,24). The van der Waals surface area contributed by atoms with Crippen molar-refractivity contribution in [3.05, 3.63) is 63.5 Å². The average Bonchev–Trinajstić information content (AvgIpc) is 3.12. The van der Waals surface area contributed by atoms with Gasteiger partial charge in [0.05, 0.1) is 11.4 Å². The first-order valence-corrected chi connectivity index (χ1v) is 10.4. The second kappa shape index (κ2) is 9.65. The summed E-state index contributed by atoms with van der Waals surface area (Å²) in [5, 5.41) is 4.60. The highest BCUT2D eigenvalue weighted by Gasteiger charge is 2.07. The van der Waals surface area contributed by atoms with Gasteiger partial charge in [0, 0.05) is 29.9 Å². The van der Waals surface area contributed by atoms with Crippen molar-refractivity contribution >= 4 is 34.0 Å². The molecule has 0 radical (unpaired) electrons. The maximum absolute atomic E-state index is 12.1. The molecule has 0 saturated heterocycles. The second-order valence-electron chi connectivity index (χ2n) is 5.76. The number of rotatable bonds is 9. The van der Waals surface area contributed by atoms with Gasteiger partial charge in [0.2, 0.25) is 5.91 Å². The molecule has 3 aromatic rings. The molecule has 6 nitrogen and oxygen atoms in total. The molecule has 0 saturated carbocycles. The van der Waals surface area contributed by atoms with Crippen molar-refractivity contribution in [2.24, 2.45) is 0 Å². The Bertz CT molecular complexity index is 990. The molecule has 0 aliphatic carbocycles. The molecule has 0 fully saturated rings. The molecule has 0 aliphatic heterocycles. The Kier molecular flexibility index (Phi) is 6.99. The van der Waals surface area contributed by atoms with Crippen LogP contribution in [0.3, 0.4) is 0 Å². The summed E-state index contributed by atoms with van der Waals surface area (Å²) in [6.45, 7) is -2.40. The minimum Gasteiger partial charge on any atom is -0.435 e. The smallest absolute Gasteiger partial charge is 0.387 e. The van der Waals surface area contributed by atoms with E-state index >= 15 is 0 Å². The lowest BCUT2D eigenvalue weighted by Crippen LogP contribution is -2.27. The highest BCUT2D eigenvalue weighted by molar-refractivity contribution is 7.99. The van der Waals surface area contributed by atoms with Crippen LogP contribution in [-0.4, -0.2) is 34.2 Å². The van der Waals surface area contributed by atoms with E-state index in [1.165, 1.54) is 45.7 Å². The van der Waals surface area contributed by atoms with E-state index in [1.807, 2.05) is 0 Å². The van der Waals surface area contributed by atoms with E-state index in [2.05, 4.69) is 15.0 Å². The lowest BCUT2D eigenvalue weighted by molar-refractivity contribution is -0.118. The molecule has 3 rings (SSSR count). The van der Waals surface area contributed by atoms with Crippen molar-refractivity contribution in [2.45, 2.75) is 18.8 Å². The number of halogens is 2. The number of thioether (sulfide) groups is 1. The predicted octanol–water partition coefficient (Wildman–Crippen LogP) is 2.95. The Morgan fingerprint density at radius 1 is 1.32 bits per heavy atom. The Labute approximate surface area is 167 Å². The number of carbonyl (C=O) groups is 1. The number of hydrogen-bond acceptors (Lipinski definition) is 6. The minimum absolute atomic E-state index is 0.105. The number of nitrogens with zero attached hydrogens (tertiary/aromatic N) is 2.